The van der Waals surface area contributed by atoms with Crippen molar-refractivity contribution in [3.8, 4) is 0 Å². The summed E-state index contributed by atoms with van der Waals surface area (Å²) in [5.41, 5.74) is 7.28. The van der Waals surface area contributed by atoms with E-state index in [2.05, 4.69) is 10.3 Å². The molecule has 134 valence electrons. The summed E-state index contributed by atoms with van der Waals surface area (Å²) >= 11 is 0. The van der Waals surface area contributed by atoms with Gasteiger partial charge in [0, 0.05) is 23.5 Å². The number of carbonyl (C=O) groups excluding carboxylic acids is 2. The molecule has 3 aromatic rings. The van der Waals surface area contributed by atoms with Crippen molar-refractivity contribution in [3.05, 3.63) is 58.3 Å². The number of alkyl carbamates (subject to hydrolysis) is 1. The van der Waals surface area contributed by atoms with E-state index < -0.39 is 17.8 Å². The van der Waals surface area contributed by atoms with Crippen LogP contribution >= 0.6 is 0 Å². The zero-order valence-electron chi connectivity index (χ0n) is 13.9. The molecule has 0 aliphatic carbocycles. The second-order valence-corrected chi connectivity index (χ2v) is 5.35. The molecule has 0 radical (unpaired) electrons. The lowest BCUT2D eigenvalue weighted by molar-refractivity contribution is 0.0956. The van der Waals surface area contributed by atoms with Crippen LogP contribution in [0.25, 0.3) is 11.1 Å². The van der Waals surface area contributed by atoms with Gasteiger partial charge in [-0.05, 0) is 31.2 Å². The van der Waals surface area contributed by atoms with Crippen molar-refractivity contribution < 1.29 is 18.7 Å². The maximum absolute atomic E-state index is 12.8. The molecular weight excluding hydrogens is 340 g/mol. The van der Waals surface area contributed by atoms with Crippen molar-refractivity contribution in [3.63, 3.8) is 0 Å². The van der Waals surface area contributed by atoms with E-state index in [0.717, 1.165) is 4.57 Å². The number of aromatic nitrogens is 2. The lowest BCUT2D eigenvalue weighted by atomic mass is 10.2. The first-order valence-electron chi connectivity index (χ1n) is 7.81. The summed E-state index contributed by atoms with van der Waals surface area (Å²) in [6, 6.07) is 7.54. The van der Waals surface area contributed by atoms with E-state index in [4.69, 9.17) is 14.9 Å². The minimum Gasteiger partial charge on any atom is -0.450 e. The Morgan fingerprint density at radius 2 is 2.12 bits per heavy atom. The molecule has 0 fully saturated rings. The topological polar surface area (TPSA) is 129 Å². The molecule has 0 aliphatic heterocycles. The van der Waals surface area contributed by atoms with Gasteiger partial charge in [0.05, 0.1) is 24.4 Å². The number of oxazole rings is 1. The van der Waals surface area contributed by atoms with E-state index in [0.29, 0.717) is 16.9 Å². The number of hydrogen-bond acceptors (Lipinski definition) is 7. The zero-order valence-corrected chi connectivity index (χ0v) is 13.9. The van der Waals surface area contributed by atoms with Gasteiger partial charge in [-0.1, -0.05) is 0 Å². The van der Waals surface area contributed by atoms with Crippen molar-refractivity contribution in [1.82, 2.24) is 14.9 Å². The van der Waals surface area contributed by atoms with Gasteiger partial charge in [-0.2, -0.15) is 0 Å². The summed E-state index contributed by atoms with van der Waals surface area (Å²) in [6.07, 6.45) is 0.835. The van der Waals surface area contributed by atoms with Crippen LogP contribution in [0.3, 0.4) is 0 Å². The molecule has 0 spiro atoms. The Kier molecular flexibility index (Phi) is 4.70. The van der Waals surface area contributed by atoms with E-state index in [1.807, 2.05) is 0 Å². The van der Waals surface area contributed by atoms with Crippen LogP contribution in [0, 0.1) is 0 Å². The first-order valence-corrected chi connectivity index (χ1v) is 7.81. The first-order chi connectivity index (χ1) is 12.5. The normalized spacial score (nSPS) is 10.7. The van der Waals surface area contributed by atoms with Gasteiger partial charge in [0.2, 0.25) is 0 Å². The summed E-state index contributed by atoms with van der Waals surface area (Å²) in [5, 5.41) is 2.51. The smallest absolute Gasteiger partial charge is 0.427 e. The number of ether oxygens (including phenoxy) is 1. The number of fused-ring (bicyclic) bond motifs is 1. The summed E-state index contributed by atoms with van der Waals surface area (Å²) in [7, 11) is 0. The number of hydrogen-bond donors (Lipinski definition) is 2. The van der Waals surface area contributed by atoms with Gasteiger partial charge >= 0.3 is 11.8 Å². The highest BCUT2D eigenvalue weighted by atomic mass is 16.5. The number of nitrogen functional groups attached to an aromatic ring is 1. The Labute approximate surface area is 147 Å². The second-order valence-electron chi connectivity index (χ2n) is 5.35. The Hall–Kier alpha value is -3.62. The first kappa shape index (κ1) is 17.2. The third kappa shape index (κ3) is 3.41. The summed E-state index contributed by atoms with van der Waals surface area (Å²) in [4.78, 5) is 40.3. The predicted octanol–water partition coefficient (Wildman–Crippen LogP) is 1.51. The fraction of sp³-hybridized carbons (Fsp3) is 0.176. The van der Waals surface area contributed by atoms with E-state index in [1.54, 1.807) is 13.0 Å². The van der Waals surface area contributed by atoms with Gasteiger partial charge in [0.15, 0.2) is 5.58 Å². The van der Waals surface area contributed by atoms with Gasteiger partial charge in [-0.3, -0.25) is 9.78 Å². The second kappa shape index (κ2) is 7.09. The average Bonchev–Trinajstić information content (AvgIpc) is 2.94. The average molecular weight is 356 g/mol. The lowest BCUT2D eigenvalue weighted by Crippen LogP contribution is -2.25. The van der Waals surface area contributed by atoms with E-state index in [1.165, 1.54) is 30.5 Å². The van der Waals surface area contributed by atoms with Gasteiger partial charge < -0.3 is 20.2 Å². The highest BCUT2D eigenvalue weighted by Gasteiger charge is 2.18. The predicted molar refractivity (Wildman–Crippen MR) is 92.7 cm³/mol. The third-order valence-electron chi connectivity index (χ3n) is 3.56. The molecule has 1 amide bonds. The molecule has 26 heavy (non-hydrogen) atoms. The lowest BCUT2D eigenvalue weighted by Gasteiger charge is -2.06. The zero-order chi connectivity index (χ0) is 18.7. The van der Waals surface area contributed by atoms with E-state index in [-0.39, 0.29) is 24.3 Å². The van der Waals surface area contributed by atoms with Crippen LogP contribution in [0.5, 0.6) is 0 Å². The number of benzene rings is 1. The Balaban J connectivity index is 1.89. The largest absolute Gasteiger partial charge is 0.450 e. The van der Waals surface area contributed by atoms with Crippen LogP contribution in [0.1, 0.15) is 23.0 Å². The van der Waals surface area contributed by atoms with E-state index >= 15 is 0 Å². The molecule has 0 unspecified atom stereocenters. The Morgan fingerprint density at radius 3 is 2.88 bits per heavy atom. The molecule has 0 aliphatic rings. The van der Waals surface area contributed by atoms with Crippen LogP contribution in [0.2, 0.25) is 0 Å². The van der Waals surface area contributed by atoms with Crippen molar-refractivity contribution in [1.29, 1.82) is 0 Å². The van der Waals surface area contributed by atoms with Crippen LogP contribution < -0.4 is 16.8 Å². The maximum atomic E-state index is 12.8. The number of amides is 1. The van der Waals surface area contributed by atoms with Gasteiger partial charge in [0.25, 0.3) is 5.91 Å². The number of nitrogens with two attached hydrogens (primary N) is 1. The van der Waals surface area contributed by atoms with Gasteiger partial charge in [-0.25, -0.2) is 14.2 Å². The summed E-state index contributed by atoms with van der Waals surface area (Å²) in [6.45, 7) is 2.02. The van der Waals surface area contributed by atoms with Crippen LogP contribution in [0.15, 0.2) is 45.7 Å². The Morgan fingerprint density at radius 1 is 1.31 bits per heavy atom. The molecule has 9 heteroatoms. The SMILES string of the molecule is CCOC(=O)NCc1cc(C(=O)n2c(=O)oc3cc(N)ccc32)ccn1. The summed E-state index contributed by atoms with van der Waals surface area (Å²) < 4.78 is 10.8. The monoisotopic (exact) mass is 356 g/mol. The highest BCUT2D eigenvalue weighted by Crippen LogP contribution is 2.17. The molecule has 3 N–H and O–H groups in total. The molecule has 1 aromatic carbocycles. The van der Waals surface area contributed by atoms with Crippen LogP contribution in [-0.2, 0) is 11.3 Å². The number of nitrogens with one attached hydrogen (secondary N) is 1. The number of nitrogens with zero attached hydrogens (tertiary/aromatic N) is 2. The molecular formula is C17H16N4O5. The highest BCUT2D eigenvalue weighted by molar-refractivity contribution is 6.00. The quantitative estimate of drug-likeness (QED) is 0.678. The molecule has 0 saturated heterocycles. The minimum atomic E-state index is -0.807. The molecule has 2 aromatic heterocycles. The van der Waals surface area contributed by atoms with Gasteiger partial charge in [-0.15, -0.1) is 0 Å². The van der Waals surface area contributed by atoms with Crippen molar-refractivity contribution >= 4 is 28.8 Å². The molecule has 3 rings (SSSR count). The maximum Gasteiger partial charge on any atom is 0.427 e. The van der Waals surface area contributed by atoms with Crippen molar-refractivity contribution in [2.75, 3.05) is 12.3 Å². The number of carbonyl (C=O) groups is 2. The van der Waals surface area contributed by atoms with E-state index in [9.17, 15) is 14.4 Å². The third-order valence-corrected chi connectivity index (χ3v) is 3.56. The number of pyridine rings is 1. The number of anilines is 1. The van der Waals surface area contributed by atoms with Crippen molar-refractivity contribution in [2.45, 2.75) is 13.5 Å². The molecule has 9 nitrogen and oxygen atoms in total. The standard InChI is InChI=1S/C17H16N4O5/c1-2-25-16(23)20-9-12-7-10(5-6-19-12)15(22)21-13-4-3-11(18)8-14(13)26-17(21)24/h3-8H,2,9,18H2,1H3,(H,20,23). The molecule has 2 heterocycles. The Bertz CT molecular complexity index is 1040. The fourth-order valence-corrected chi connectivity index (χ4v) is 2.41. The number of rotatable bonds is 4. The molecule has 0 saturated carbocycles. The van der Waals surface area contributed by atoms with Crippen LogP contribution in [-0.4, -0.2) is 28.2 Å². The summed E-state index contributed by atoms with van der Waals surface area (Å²) in [5.74, 6) is -1.38. The van der Waals surface area contributed by atoms with Crippen LogP contribution in [0.4, 0.5) is 10.5 Å². The fourth-order valence-electron chi connectivity index (χ4n) is 2.41. The van der Waals surface area contributed by atoms with Crippen molar-refractivity contribution in [2.24, 2.45) is 0 Å². The molecule has 0 atom stereocenters. The van der Waals surface area contributed by atoms with Gasteiger partial charge in [0.1, 0.15) is 0 Å². The minimum absolute atomic E-state index is 0.0809. The molecule has 0 bridgehead atoms.